The number of benzene rings is 1. The Morgan fingerprint density at radius 2 is 2.26 bits per heavy atom. The molecule has 1 saturated carbocycles. The molecule has 3 rings (SSSR count). The van der Waals surface area contributed by atoms with Crippen LogP contribution in [0, 0.1) is 11.2 Å². The van der Waals surface area contributed by atoms with Crippen LogP contribution in [0.1, 0.15) is 26.2 Å². The number of rotatable bonds is 4. The fraction of sp³-hybridized carbons (Fsp3) is 0.588. The molecule has 0 bridgehead atoms. The molecule has 1 N–H and O–H groups in total. The summed E-state index contributed by atoms with van der Waals surface area (Å²) in [5.74, 6) is -0.318. The van der Waals surface area contributed by atoms with Gasteiger partial charge in [-0.05, 0) is 43.7 Å². The summed E-state index contributed by atoms with van der Waals surface area (Å²) < 4.78 is 24.0. The normalized spacial score (nSPS) is 26.2. The maximum atomic E-state index is 13.4. The zero-order valence-corrected chi connectivity index (χ0v) is 13.6. The Kier molecular flexibility index (Phi) is 4.43. The number of carbonyl (C=O) groups excluding carboxylic acids is 1. The van der Waals surface area contributed by atoms with Gasteiger partial charge in [-0.25, -0.2) is 9.18 Å². The highest BCUT2D eigenvalue weighted by molar-refractivity contribution is 5.89. The lowest BCUT2D eigenvalue weighted by Crippen LogP contribution is -2.45. The Hall–Kier alpha value is -1.82. The van der Waals surface area contributed by atoms with Gasteiger partial charge in [0, 0.05) is 31.5 Å². The first-order valence-electron chi connectivity index (χ1n) is 8.06. The van der Waals surface area contributed by atoms with E-state index in [2.05, 4.69) is 5.32 Å². The fourth-order valence-corrected chi connectivity index (χ4v) is 3.64. The van der Waals surface area contributed by atoms with Crippen LogP contribution in [-0.4, -0.2) is 43.8 Å². The maximum Gasteiger partial charge on any atom is 0.321 e. The second kappa shape index (κ2) is 6.35. The number of anilines is 1. The largest absolute Gasteiger partial charge is 0.494 e. The van der Waals surface area contributed by atoms with Crippen molar-refractivity contribution < 1.29 is 18.7 Å². The molecule has 1 saturated heterocycles. The van der Waals surface area contributed by atoms with Gasteiger partial charge in [0.05, 0.1) is 13.2 Å². The average molecular weight is 322 g/mol. The van der Waals surface area contributed by atoms with E-state index in [0.29, 0.717) is 11.8 Å². The number of halogens is 1. The van der Waals surface area contributed by atoms with Crippen molar-refractivity contribution in [1.82, 2.24) is 4.90 Å². The molecule has 1 aliphatic carbocycles. The number of methoxy groups -OCH3 is 1. The Balaban J connectivity index is 1.56. The SMILES string of the molecule is CCOC1CC2(CCN(C(=O)Nc3ccc(F)c(OC)c3)C2)C1. The number of hydrogen-bond acceptors (Lipinski definition) is 3. The molecule has 126 valence electrons. The quantitative estimate of drug-likeness (QED) is 0.926. The smallest absolute Gasteiger partial charge is 0.321 e. The van der Waals surface area contributed by atoms with Crippen molar-refractivity contribution in [2.45, 2.75) is 32.3 Å². The topological polar surface area (TPSA) is 50.8 Å². The highest BCUT2D eigenvalue weighted by Gasteiger charge is 2.49. The predicted molar refractivity (Wildman–Crippen MR) is 85.2 cm³/mol. The third-order valence-electron chi connectivity index (χ3n) is 4.85. The Bertz CT molecular complexity index is 587. The van der Waals surface area contributed by atoms with Crippen molar-refractivity contribution >= 4 is 11.7 Å². The molecular formula is C17H23FN2O3. The predicted octanol–water partition coefficient (Wildman–Crippen LogP) is 3.26. The van der Waals surface area contributed by atoms with Crippen LogP contribution in [0.15, 0.2) is 18.2 Å². The molecular weight excluding hydrogens is 299 g/mol. The molecule has 2 fully saturated rings. The zero-order valence-electron chi connectivity index (χ0n) is 13.6. The van der Waals surface area contributed by atoms with Gasteiger partial charge in [0.2, 0.25) is 0 Å². The molecule has 1 spiro atoms. The first kappa shape index (κ1) is 16.1. The molecule has 1 aromatic rings. The molecule has 0 atom stereocenters. The summed E-state index contributed by atoms with van der Waals surface area (Å²) in [5.41, 5.74) is 0.771. The highest BCUT2D eigenvalue weighted by atomic mass is 19.1. The van der Waals surface area contributed by atoms with Crippen molar-refractivity contribution in [3.63, 3.8) is 0 Å². The third kappa shape index (κ3) is 3.27. The van der Waals surface area contributed by atoms with Crippen LogP contribution in [0.3, 0.4) is 0 Å². The van der Waals surface area contributed by atoms with Gasteiger partial charge in [-0.2, -0.15) is 0 Å². The standard InChI is InChI=1S/C17H23FN2O3/c1-3-23-13-9-17(10-13)6-7-20(11-17)16(21)19-12-4-5-14(18)15(8-12)22-2/h4-5,8,13H,3,6-7,9-11H2,1-2H3,(H,19,21). The second-order valence-corrected chi connectivity index (χ2v) is 6.44. The molecule has 1 aliphatic heterocycles. The van der Waals surface area contributed by atoms with Gasteiger partial charge in [0.15, 0.2) is 11.6 Å². The number of likely N-dealkylation sites (tertiary alicyclic amines) is 1. The van der Waals surface area contributed by atoms with E-state index in [1.807, 2.05) is 11.8 Å². The van der Waals surface area contributed by atoms with Crippen LogP contribution in [0.5, 0.6) is 5.75 Å². The molecule has 1 aromatic carbocycles. The molecule has 2 aliphatic rings. The fourth-order valence-electron chi connectivity index (χ4n) is 3.64. The van der Waals surface area contributed by atoms with E-state index in [4.69, 9.17) is 9.47 Å². The lowest BCUT2D eigenvalue weighted by Gasteiger charge is -2.44. The van der Waals surface area contributed by atoms with Gasteiger partial charge in [-0.3, -0.25) is 0 Å². The van der Waals surface area contributed by atoms with Crippen LogP contribution >= 0.6 is 0 Å². The number of hydrogen-bond donors (Lipinski definition) is 1. The van der Waals surface area contributed by atoms with E-state index in [1.165, 1.54) is 25.3 Å². The molecule has 0 unspecified atom stereocenters. The first-order chi connectivity index (χ1) is 11.0. The summed E-state index contributed by atoms with van der Waals surface area (Å²) in [4.78, 5) is 14.2. The summed E-state index contributed by atoms with van der Waals surface area (Å²) in [5, 5.41) is 2.82. The Morgan fingerprint density at radius 3 is 2.96 bits per heavy atom. The van der Waals surface area contributed by atoms with Crippen LogP contribution in [-0.2, 0) is 4.74 Å². The summed E-state index contributed by atoms with van der Waals surface area (Å²) in [6, 6.07) is 4.18. The van der Waals surface area contributed by atoms with Crippen LogP contribution in [0.25, 0.3) is 0 Å². The molecule has 2 amide bonds. The van der Waals surface area contributed by atoms with Crippen molar-refractivity contribution in [2.24, 2.45) is 5.41 Å². The zero-order chi connectivity index (χ0) is 16.4. The third-order valence-corrected chi connectivity index (χ3v) is 4.85. The first-order valence-corrected chi connectivity index (χ1v) is 8.06. The minimum atomic E-state index is -0.443. The molecule has 23 heavy (non-hydrogen) atoms. The van der Waals surface area contributed by atoms with Crippen molar-refractivity contribution in [1.29, 1.82) is 0 Å². The van der Waals surface area contributed by atoms with Crippen LogP contribution in [0.2, 0.25) is 0 Å². The van der Waals surface area contributed by atoms with Crippen LogP contribution < -0.4 is 10.1 Å². The lowest BCUT2D eigenvalue weighted by atomic mass is 9.66. The van der Waals surface area contributed by atoms with Gasteiger partial charge in [-0.1, -0.05) is 0 Å². The number of nitrogens with one attached hydrogen (secondary N) is 1. The molecule has 1 heterocycles. The summed E-state index contributed by atoms with van der Waals surface area (Å²) in [6.07, 6.45) is 3.45. The number of urea groups is 1. The van der Waals surface area contributed by atoms with E-state index >= 15 is 0 Å². The number of carbonyl (C=O) groups is 1. The van der Waals surface area contributed by atoms with Gasteiger partial charge < -0.3 is 19.7 Å². The summed E-state index contributed by atoms with van der Waals surface area (Å²) in [6.45, 7) is 4.28. The molecule has 0 aromatic heterocycles. The molecule has 6 heteroatoms. The van der Waals surface area contributed by atoms with E-state index in [9.17, 15) is 9.18 Å². The van der Waals surface area contributed by atoms with Gasteiger partial charge >= 0.3 is 6.03 Å². The van der Waals surface area contributed by atoms with E-state index < -0.39 is 5.82 Å². The average Bonchev–Trinajstić information content (AvgIpc) is 2.94. The number of nitrogens with zero attached hydrogens (tertiary/aromatic N) is 1. The highest BCUT2D eigenvalue weighted by Crippen LogP contribution is 2.49. The van der Waals surface area contributed by atoms with Crippen LogP contribution in [0.4, 0.5) is 14.9 Å². The maximum absolute atomic E-state index is 13.4. The summed E-state index contributed by atoms with van der Waals surface area (Å²) in [7, 11) is 1.40. The number of ether oxygens (including phenoxy) is 2. The minimum absolute atomic E-state index is 0.124. The molecule has 0 radical (unpaired) electrons. The minimum Gasteiger partial charge on any atom is -0.494 e. The monoisotopic (exact) mass is 322 g/mol. The van der Waals surface area contributed by atoms with Gasteiger partial charge in [-0.15, -0.1) is 0 Å². The van der Waals surface area contributed by atoms with Crippen molar-refractivity contribution in [3.8, 4) is 5.75 Å². The van der Waals surface area contributed by atoms with E-state index in [0.717, 1.165) is 39.0 Å². The second-order valence-electron chi connectivity index (χ2n) is 6.44. The van der Waals surface area contributed by atoms with Crippen molar-refractivity contribution in [3.05, 3.63) is 24.0 Å². The van der Waals surface area contributed by atoms with E-state index in [-0.39, 0.29) is 17.2 Å². The number of amides is 2. The Labute approximate surface area is 135 Å². The lowest BCUT2D eigenvalue weighted by molar-refractivity contribution is -0.0703. The van der Waals surface area contributed by atoms with Gasteiger partial charge in [0.1, 0.15) is 0 Å². The molecule has 5 nitrogen and oxygen atoms in total. The Morgan fingerprint density at radius 1 is 1.48 bits per heavy atom. The van der Waals surface area contributed by atoms with Gasteiger partial charge in [0.25, 0.3) is 0 Å². The summed E-state index contributed by atoms with van der Waals surface area (Å²) >= 11 is 0. The van der Waals surface area contributed by atoms with E-state index in [1.54, 1.807) is 0 Å². The van der Waals surface area contributed by atoms with Crippen molar-refractivity contribution in [2.75, 3.05) is 32.1 Å².